The first-order chi connectivity index (χ1) is 15.0. The number of halogens is 1. The highest BCUT2D eigenvalue weighted by Gasteiger charge is 2.25. The summed E-state index contributed by atoms with van der Waals surface area (Å²) >= 11 is 6.46. The molecule has 2 amide bonds. The Morgan fingerprint density at radius 2 is 1.81 bits per heavy atom. The van der Waals surface area contributed by atoms with Gasteiger partial charge in [0.1, 0.15) is 6.54 Å². The zero-order chi connectivity index (χ0) is 21.8. The van der Waals surface area contributed by atoms with Crippen molar-refractivity contribution in [2.45, 2.75) is 12.6 Å². The van der Waals surface area contributed by atoms with Crippen molar-refractivity contribution in [3.63, 3.8) is 0 Å². The fourth-order valence-corrected chi connectivity index (χ4v) is 4.33. The maximum atomic E-state index is 12.8. The molecule has 1 atom stereocenters. The van der Waals surface area contributed by atoms with Crippen molar-refractivity contribution < 1.29 is 14.3 Å². The summed E-state index contributed by atoms with van der Waals surface area (Å²) in [5.74, 6) is -0.663. The number of aromatic nitrogens is 1. The molecule has 1 aromatic heterocycles. The summed E-state index contributed by atoms with van der Waals surface area (Å²) in [6, 6.07) is 15.1. The standard InChI is InChI=1S/C23H25ClN4O3/c24-19-7-3-1-6-17(19)21(27-9-11-31-12-10-27)13-26-22(29)15-28-14-18(23(25)30)16-5-2-4-8-20(16)28/h1-8,14,21H,9-13,15H2,(H2,25,30)(H,26,29)/t21-/m0/s1. The highest BCUT2D eigenvalue weighted by Crippen LogP contribution is 2.28. The smallest absolute Gasteiger partial charge is 0.250 e. The molecule has 8 heteroatoms. The van der Waals surface area contributed by atoms with E-state index >= 15 is 0 Å². The van der Waals surface area contributed by atoms with Crippen molar-refractivity contribution >= 4 is 34.3 Å². The Kier molecular flexibility index (Phi) is 6.56. The Bertz CT molecular complexity index is 1090. The molecule has 1 aliphatic rings. The van der Waals surface area contributed by atoms with Crippen LogP contribution in [0.3, 0.4) is 0 Å². The molecule has 0 bridgehead atoms. The summed E-state index contributed by atoms with van der Waals surface area (Å²) < 4.78 is 7.23. The fraction of sp³-hybridized carbons (Fsp3) is 0.304. The lowest BCUT2D eigenvalue weighted by Crippen LogP contribution is -2.44. The average molecular weight is 441 g/mol. The largest absolute Gasteiger partial charge is 0.379 e. The van der Waals surface area contributed by atoms with E-state index in [9.17, 15) is 9.59 Å². The average Bonchev–Trinajstić information content (AvgIpc) is 3.14. The summed E-state index contributed by atoms with van der Waals surface area (Å²) in [5, 5.41) is 4.46. The zero-order valence-corrected chi connectivity index (χ0v) is 17.8. The van der Waals surface area contributed by atoms with Crippen molar-refractivity contribution in [2.24, 2.45) is 5.73 Å². The molecule has 7 nitrogen and oxygen atoms in total. The highest BCUT2D eigenvalue weighted by atomic mass is 35.5. The first-order valence-electron chi connectivity index (χ1n) is 10.2. The molecule has 2 aromatic carbocycles. The van der Waals surface area contributed by atoms with Gasteiger partial charge < -0.3 is 20.4 Å². The van der Waals surface area contributed by atoms with Gasteiger partial charge in [-0.3, -0.25) is 14.5 Å². The number of carbonyl (C=O) groups excluding carboxylic acids is 2. The summed E-state index contributed by atoms with van der Waals surface area (Å²) in [5.41, 5.74) is 7.68. The second kappa shape index (κ2) is 9.51. The minimum atomic E-state index is -0.513. The minimum Gasteiger partial charge on any atom is -0.379 e. The number of nitrogens with one attached hydrogen (secondary N) is 1. The van der Waals surface area contributed by atoms with Gasteiger partial charge >= 0.3 is 0 Å². The number of morpholine rings is 1. The first-order valence-corrected chi connectivity index (χ1v) is 10.6. The SMILES string of the molecule is NC(=O)c1cn(CC(=O)NC[C@@H](c2ccccc2Cl)N2CCOCC2)c2ccccc12. The van der Waals surface area contributed by atoms with Gasteiger partial charge in [-0.05, 0) is 17.7 Å². The number of primary amides is 1. The summed E-state index contributed by atoms with van der Waals surface area (Å²) in [7, 11) is 0. The fourth-order valence-electron chi connectivity index (χ4n) is 4.07. The van der Waals surface area contributed by atoms with E-state index in [2.05, 4.69) is 10.2 Å². The molecule has 2 heterocycles. The lowest BCUT2D eigenvalue weighted by atomic mass is 10.0. The third kappa shape index (κ3) is 4.74. The van der Waals surface area contributed by atoms with E-state index in [4.69, 9.17) is 22.1 Å². The van der Waals surface area contributed by atoms with Crippen LogP contribution in [0.15, 0.2) is 54.7 Å². The number of ether oxygens (including phenoxy) is 1. The molecule has 1 aliphatic heterocycles. The van der Waals surface area contributed by atoms with Gasteiger partial charge in [-0.15, -0.1) is 0 Å². The predicted octanol–water partition coefficient (Wildman–Crippen LogP) is 2.58. The number of nitrogens with two attached hydrogens (primary N) is 1. The number of carbonyl (C=O) groups is 2. The summed E-state index contributed by atoms with van der Waals surface area (Å²) in [6.45, 7) is 3.36. The molecule has 0 unspecified atom stereocenters. The molecule has 31 heavy (non-hydrogen) atoms. The van der Waals surface area contributed by atoms with Crippen LogP contribution >= 0.6 is 11.6 Å². The van der Waals surface area contributed by atoms with E-state index in [0.717, 1.165) is 29.6 Å². The molecule has 3 aromatic rings. The van der Waals surface area contributed by atoms with E-state index < -0.39 is 5.91 Å². The van der Waals surface area contributed by atoms with Crippen molar-refractivity contribution in [3.8, 4) is 0 Å². The van der Waals surface area contributed by atoms with E-state index in [1.54, 1.807) is 10.8 Å². The molecular formula is C23H25ClN4O3. The second-order valence-corrected chi connectivity index (χ2v) is 7.95. The zero-order valence-electron chi connectivity index (χ0n) is 17.1. The maximum absolute atomic E-state index is 12.8. The predicted molar refractivity (Wildman–Crippen MR) is 120 cm³/mol. The number of amides is 2. The lowest BCUT2D eigenvalue weighted by Gasteiger charge is -2.35. The molecule has 1 fully saturated rings. The van der Waals surface area contributed by atoms with Gasteiger partial charge in [-0.2, -0.15) is 0 Å². The molecule has 0 spiro atoms. The molecular weight excluding hydrogens is 416 g/mol. The topological polar surface area (TPSA) is 89.6 Å². The second-order valence-electron chi connectivity index (χ2n) is 7.54. The van der Waals surface area contributed by atoms with Crippen molar-refractivity contribution in [3.05, 3.63) is 70.9 Å². The Labute approximate surface area is 185 Å². The van der Waals surface area contributed by atoms with Crippen LogP contribution in [0.2, 0.25) is 5.02 Å². The molecule has 1 saturated heterocycles. The quantitative estimate of drug-likeness (QED) is 0.591. The summed E-state index contributed by atoms with van der Waals surface area (Å²) in [6.07, 6.45) is 1.64. The van der Waals surface area contributed by atoms with Crippen molar-refractivity contribution in [2.75, 3.05) is 32.8 Å². The van der Waals surface area contributed by atoms with Crippen molar-refractivity contribution in [1.29, 1.82) is 0 Å². The van der Waals surface area contributed by atoms with Gasteiger partial charge in [0.2, 0.25) is 5.91 Å². The number of rotatable bonds is 7. The molecule has 0 aliphatic carbocycles. The highest BCUT2D eigenvalue weighted by molar-refractivity contribution is 6.31. The van der Waals surface area contributed by atoms with Gasteiger partial charge in [-0.25, -0.2) is 0 Å². The molecule has 0 radical (unpaired) electrons. The van der Waals surface area contributed by atoms with E-state index in [-0.39, 0.29) is 18.5 Å². The number of hydrogen-bond acceptors (Lipinski definition) is 4. The van der Waals surface area contributed by atoms with Crippen LogP contribution in [0.4, 0.5) is 0 Å². The van der Waals surface area contributed by atoms with Crippen LogP contribution in [0.25, 0.3) is 10.9 Å². The molecule has 4 rings (SSSR count). The third-order valence-electron chi connectivity index (χ3n) is 5.61. The number of hydrogen-bond donors (Lipinski definition) is 2. The minimum absolute atomic E-state index is 0.0517. The van der Waals surface area contributed by atoms with Gasteiger partial charge in [-0.1, -0.05) is 48.0 Å². The van der Waals surface area contributed by atoms with Crippen LogP contribution in [-0.4, -0.2) is 54.1 Å². The Morgan fingerprint density at radius 1 is 1.10 bits per heavy atom. The Balaban J connectivity index is 1.50. The van der Waals surface area contributed by atoms with Gasteiger partial charge in [0, 0.05) is 41.8 Å². The molecule has 3 N–H and O–H groups in total. The number of nitrogens with zero attached hydrogens (tertiary/aromatic N) is 2. The monoisotopic (exact) mass is 440 g/mol. The summed E-state index contributed by atoms with van der Waals surface area (Å²) in [4.78, 5) is 26.9. The van der Waals surface area contributed by atoms with Crippen LogP contribution in [-0.2, 0) is 16.1 Å². The Hall–Kier alpha value is -2.87. The van der Waals surface area contributed by atoms with Crippen LogP contribution < -0.4 is 11.1 Å². The van der Waals surface area contributed by atoms with Crippen LogP contribution in [0.5, 0.6) is 0 Å². The van der Waals surface area contributed by atoms with E-state index in [1.807, 2.05) is 48.5 Å². The van der Waals surface area contributed by atoms with Crippen LogP contribution in [0, 0.1) is 0 Å². The normalized spacial score (nSPS) is 15.6. The van der Waals surface area contributed by atoms with Gasteiger partial charge in [0.05, 0.1) is 24.8 Å². The number of fused-ring (bicyclic) bond motifs is 1. The third-order valence-corrected chi connectivity index (χ3v) is 5.96. The first kappa shape index (κ1) is 21.4. The van der Waals surface area contributed by atoms with Gasteiger partial charge in [0.25, 0.3) is 5.91 Å². The molecule has 0 saturated carbocycles. The lowest BCUT2D eigenvalue weighted by molar-refractivity contribution is -0.122. The maximum Gasteiger partial charge on any atom is 0.250 e. The van der Waals surface area contributed by atoms with Crippen LogP contribution in [0.1, 0.15) is 22.0 Å². The van der Waals surface area contributed by atoms with E-state index in [0.29, 0.717) is 30.3 Å². The number of benzene rings is 2. The Morgan fingerprint density at radius 3 is 2.55 bits per heavy atom. The van der Waals surface area contributed by atoms with Crippen molar-refractivity contribution in [1.82, 2.24) is 14.8 Å². The van der Waals surface area contributed by atoms with E-state index in [1.165, 1.54) is 0 Å². The number of para-hydroxylation sites is 1. The molecule has 162 valence electrons. The van der Waals surface area contributed by atoms with Gasteiger partial charge in [0.15, 0.2) is 0 Å².